The number of hydrogen-bond donors (Lipinski definition) is 1. The van der Waals surface area contributed by atoms with E-state index in [9.17, 15) is 4.79 Å². The Morgan fingerprint density at radius 1 is 1.75 bits per heavy atom. The average Bonchev–Trinajstić information content (AvgIpc) is 2.72. The van der Waals surface area contributed by atoms with Crippen molar-refractivity contribution in [3.05, 3.63) is 12.4 Å². The highest BCUT2D eigenvalue weighted by atomic mass is 16.5. The summed E-state index contributed by atoms with van der Waals surface area (Å²) in [7, 11) is 0. The molecule has 1 heterocycles. The van der Waals surface area contributed by atoms with Crippen LogP contribution in [0.4, 0.5) is 0 Å². The van der Waals surface area contributed by atoms with Crippen LogP contribution in [0.2, 0.25) is 0 Å². The molecule has 0 aromatic carbocycles. The third-order valence-electron chi connectivity index (χ3n) is 1.82. The maximum Gasteiger partial charge on any atom is 0.258 e. The first-order valence-electron chi connectivity index (χ1n) is 5.11. The second kappa shape index (κ2) is 6.51. The predicted octanol–water partition coefficient (Wildman–Crippen LogP) is 0.421. The Kier molecular flexibility index (Phi) is 4.93. The number of rotatable bonds is 6. The summed E-state index contributed by atoms with van der Waals surface area (Å²) in [6.45, 7) is 3.08. The summed E-state index contributed by atoms with van der Waals surface area (Å²) < 4.78 is 7.00. The zero-order valence-corrected chi connectivity index (χ0v) is 9.27. The van der Waals surface area contributed by atoms with Crippen LogP contribution in [0.25, 0.3) is 0 Å². The maximum absolute atomic E-state index is 11.1. The fraction of sp³-hybridized carbons (Fsp3) is 0.455. The number of carbonyl (C=O) groups is 1. The molecule has 1 rings (SSSR count). The van der Waals surface area contributed by atoms with Gasteiger partial charge in [0.1, 0.15) is 0 Å². The molecule has 5 nitrogen and oxygen atoms in total. The van der Waals surface area contributed by atoms with Crippen molar-refractivity contribution in [3.8, 4) is 18.1 Å². The Hall–Kier alpha value is -1.96. The molecule has 1 aromatic heterocycles. The fourth-order valence-electron chi connectivity index (χ4n) is 1.12. The van der Waals surface area contributed by atoms with Gasteiger partial charge in [-0.25, -0.2) is 0 Å². The van der Waals surface area contributed by atoms with Crippen molar-refractivity contribution < 1.29 is 9.53 Å². The number of hydrogen-bond acceptors (Lipinski definition) is 3. The lowest BCUT2D eigenvalue weighted by Gasteiger charge is -2.02. The topological polar surface area (TPSA) is 56.1 Å². The normalized spacial score (nSPS) is 9.50. The van der Waals surface area contributed by atoms with E-state index in [1.165, 1.54) is 0 Å². The molecule has 86 valence electrons. The SMILES string of the molecule is C#CCNC(=O)COc1cnn(CCC)c1. The summed E-state index contributed by atoms with van der Waals surface area (Å²) in [5, 5.41) is 6.58. The Morgan fingerprint density at radius 3 is 3.25 bits per heavy atom. The molecule has 0 spiro atoms. The molecule has 5 heteroatoms. The summed E-state index contributed by atoms with van der Waals surface area (Å²) in [6.07, 6.45) is 9.35. The third-order valence-corrected chi connectivity index (χ3v) is 1.82. The van der Waals surface area contributed by atoms with E-state index in [-0.39, 0.29) is 19.1 Å². The second-order valence-corrected chi connectivity index (χ2v) is 3.21. The molecule has 0 unspecified atom stereocenters. The van der Waals surface area contributed by atoms with E-state index in [1.54, 1.807) is 17.1 Å². The number of nitrogens with one attached hydrogen (secondary N) is 1. The third kappa shape index (κ3) is 4.05. The molecule has 1 aromatic rings. The summed E-state index contributed by atoms with van der Waals surface area (Å²) in [4.78, 5) is 11.1. The summed E-state index contributed by atoms with van der Waals surface area (Å²) >= 11 is 0. The largest absolute Gasteiger partial charge is 0.480 e. The van der Waals surface area contributed by atoms with Crippen molar-refractivity contribution in [2.45, 2.75) is 19.9 Å². The number of carbonyl (C=O) groups excluding carboxylic acids is 1. The van der Waals surface area contributed by atoms with Crippen LogP contribution in [0.5, 0.6) is 5.75 Å². The lowest BCUT2D eigenvalue weighted by molar-refractivity contribution is -0.122. The van der Waals surface area contributed by atoms with Gasteiger partial charge < -0.3 is 10.1 Å². The van der Waals surface area contributed by atoms with Crippen molar-refractivity contribution in [3.63, 3.8) is 0 Å². The Labute approximate surface area is 94.8 Å². The van der Waals surface area contributed by atoms with Gasteiger partial charge in [0.2, 0.25) is 0 Å². The Balaban J connectivity index is 2.31. The Bertz CT molecular complexity index is 379. The highest BCUT2D eigenvalue weighted by Gasteiger charge is 2.03. The van der Waals surface area contributed by atoms with E-state index in [0.29, 0.717) is 5.75 Å². The minimum Gasteiger partial charge on any atom is -0.480 e. The van der Waals surface area contributed by atoms with Crippen LogP contribution in [0.3, 0.4) is 0 Å². The number of aryl methyl sites for hydroxylation is 1. The predicted molar refractivity (Wildman–Crippen MR) is 59.9 cm³/mol. The maximum atomic E-state index is 11.1. The molecule has 16 heavy (non-hydrogen) atoms. The van der Waals surface area contributed by atoms with Crippen LogP contribution >= 0.6 is 0 Å². The lowest BCUT2D eigenvalue weighted by atomic mass is 10.5. The fourth-order valence-corrected chi connectivity index (χ4v) is 1.12. The molecular weight excluding hydrogens is 206 g/mol. The van der Waals surface area contributed by atoms with E-state index in [4.69, 9.17) is 11.2 Å². The minimum absolute atomic E-state index is 0.0422. The van der Waals surface area contributed by atoms with E-state index < -0.39 is 0 Å². The quantitative estimate of drug-likeness (QED) is 0.708. The van der Waals surface area contributed by atoms with Crippen LogP contribution in [0, 0.1) is 12.3 Å². The average molecular weight is 221 g/mol. The van der Waals surface area contributed by atoms with Gasteiger partial charge in [-0.05, 0) is 6.42 Å². The van der Waals surface area contributed by atoms with Gasteiger partial charge in [0.15, 0.2) is 12.4 Å². The van der Waals surface area contributed by atoms with Crippen molar-refractivity contribution in [1.29, 1.82) is 0 Å². The summed E-state index contributed by atoms with van der Waals surface area (Å²) in [5.41, 5.74) is 0. The first kappa shape index (κ1) is 12.1. The van der Waals surface area contributed by atoms with Gasteiger partial charge in [-0.3, -0.25) is 9.48 Å². The van der Waals surface area contributed by atoms with Crippen molar-refractivity contribution in [2.75, 3.05) is 13.2 Å². The highest BCUT2D eigenvalue weighted by Crippen LogP contribution is 2.07. The van der Waals surface area contributed by atoms with E-state index in [0.717, 1.165) is 13.0 Å². The zero-order valence-electron chi connectivity index (χ0n) is 9.27. The van der Waals surface area contributed by atoms with Gasteiger partial charge in [-0.15, -0.1) is 6.42 Å². The van der Waals surface area contributed by atoms with Gasteiger partial charge >= 0.3 is 0 Å². The van der Waals surface area contributed by atoms with Crippen molar-refractivity contribution >= 4 is 5.91 Å². The molecule has 1 N–H and O–H groups in total. The molecule has 0 bridgehead atoms. The first-order valence-corrected chi connectivity index (χ1v) is 5.11. The summed E-state index contributed by atoms with van der Waals surface area (Å²) in [5.74, 6) is 2.67. The lowest BCUT2D eigenvalue weighted by Crippen LogP contribution is -2.28. The molecule has 1 amide bonds. The minimum atomic E-state index is -0.235. The Morgan fingerprint density at radius 2 is 2.56 bits per heavy atom. The molecule has 0 radical (unpaired) electrons. The van der Waals surface area contributed by atoms with Crippen molar-refractivity contribution in [2.24, 2.45) is 0 Å². The van der Waals surface area contributed by atoms with Crippen LogP contribution in [0.15, 0.2) is 12.4 Å². The van der Waals surface area contributed by atoms with Gasteiger partial charge in [0.25, 0.3) is 5.91 Å². The monoisotopic (exact) mass is 221 g/mol. The molecular formula is C11H15N3O2. The molecule has 0 saturated carbocycles. The summed E-state index contributed by atoms with van der Waals surface area (Å²) in [6, 6.07) is 0. The molecule has 0 fully saturated rings. The van der Waals surface area contributed by atoms with Gasteiger partial charge in [0, 0.05) is 6.54 Å². The van der Waals surface area contributed by atoms with E-state index in [1.807, 2.05) is 0 Å². The highest BCUT2D eigenvalue weighted by molar-refractivity contribution is 5.77. The molecule has 0 aliphatic heterocycles. The van der Waals surface area contributed by atoms with E-state index in [2.05, 4.69) is 23.3 Å². The standard InChI is InChI=1S/C11H15N3O2/c1-3-5-12-11(15)9-16-10-7-13-14(8-10)6-4-2/h1,7-8H,4-6,9H2,2H3,(H,12,15). The molecule has 0 aliphatic rings. The van der Waals surface area contributed by atoms with Crippen LogP contribution in [-0.4, -0.2) is 28.8 Å². The molecule has 0 aliphatic carbocycles. The molecule has 0 saturated heterocycles. The first-order chi connectivity index (χ1) is 7.76. The molecule has 0 atom stereocenters. The van der Waals surface area contributed by atoms with Crippen molar-refractivity contribution in [1.82, 2.24) is 15.1 Å². The second-order valence-electron chi connectivity index (χ2n) is 3.21. The zero-order chi connectivity index (χ0) is 11.8. The van der Waals surface area contributed by atoms with Gasteiger partial charge in [-0.1, -0.05) is 12.8 Å². The number of terminal acetylenes is 1. The number of ether oxygens (including phenoxy) is 1. The van der Waals surface area contributed by atoms with Gasteiger partial charge in [-0.2, -0.15) is 5.10 Å². The number of nitrogens with zero attached hydrogens (tertiary/aromatic N) is 2. The smallest absolute Gasteiger partial charge is 0.258 e. The van der Waals surface area contributed by atoms with Gasteiger partial charge in [0.05, 0.1) is 18.9 Å². The van der Waals surface area contributed by atoms with Crippen LogP contribution in [-0.2, 0) is 11.3 Å². The number of aromatic nitrogens is 2. The van der Waals surface area contributed by atoms with Crippen LogP contribution < -0.4 is 10.1 Å². The number of amides is 1. The van der Waals surface area contributed by atoms with E-state index >= 15 is 0 Å². The van der Waals surface area contributed by atoms with Crippen LogP contribution in [0.1, 0.15) is 13.3 Å².